The van der Waals surface area contributed by atoms with Crippen molar-refractivity contribution in [3.05, 3.63) is 12.4 Å². The summed E-state index contributed by atoms with van der Waals surface area (Å²) in [4.78, 5) is 19.3. The Morgan fingerprint density at radius 2 is 2.29 bits per heavy atom. The van der Waals surface area contributed by atoms with Crippen molar-refractivity contribution in [2.45, 2.75) is 32.6 Å². The molecule has 0 saturated carbocycles. The van der Waals surface area contributed by atoms with Crippen LogP contribution < -0.4 is 10.6 Å². The summed E-state index contributed by atoms with van der Waals surface area (Å²) in [7, 11) is 0. The average Bonchev–Trinajstić information content (AvgIpc) is 2.83. The molecule has 1 aromatic rings. The van der Waals surface area contributed by atoms with Crippen molar-refractivity contribution in [3.8, 4) is 0 Å². The lowest BCUT2D eigenvalue weighted by Gasteiger charge is -2.35. The maximum Gasteiger partial charge on any atom is 0.232 e. The van der Waals surface area contributed by atoms with Gasteiger partial charge in [0.05, 0.1) is 5.41 Å². The number of piperidine rings is 1. The van der Waals surface area contributed by atoms with Gasteiger partial charge in [0.1, 0.15) is 0 Å². The van der Waals surface area contributed by atoms with E-state index in [0.29, 0.717) is 5.95 Å². The minimum atomic E-state index is -0.215. The molecule has 1 amide bonds. The highest BCUT2D eigenvalue weighted by Gasteiger charge is 2.38. The van der Waals surface area contributed by atoms with Crippen LogP contribution in [0.25, 0.3) is 0 Å². The molecule has 0 spiro atoms. The lowest BCUT2D eigenvalue weighted by atomic mass is 9.74. The summed E-state index contributed by atoms with van der Waals surface area (Å²) in [5.41, 5.74) is -0.215. The highest BCUT2D eigenvalue weighted by molar-refractivity contribution is 5.94. The smallest absolute Gasteiger partial charge is 0.232 e. The van der Waals surface area contributed by atoms with Crippen LogP contribution in [0.3, 0.4) is 0 Å². The van der Waals surface area contributed by atoms with Gasteiger partial charge in [-0.1, -0.05) is 13.3 Å². The molecule has 5 heteroatoms. The standard InChI is InChI=1S/C12H20N4O/c1-2-3-12(4-6-13-7-5-12)10(17)16-11-14-8-9-15-11/h8-9,13H,2-7H2,1H3,(H2,14,15,16,17). The fourth-order valence-electron chi connectivity index (χ4n) is 2.55. The monoisotopic (exact) mass is 236 g/mol. The fraction of sp³-hybridized carbons (Fsp3) is 0.667. The molecule has 2 heterocycles. The first-order valence-electron chi connectivity index (χ1n) is 6.28. The normalized spacial score (nSPS) is 18.9. The van der Waals surface area contributed by atoms with E-state index >= 15 is 0 Å². The molecule has 3 N–H and O–H groups in total. The van der Waals surface area contributed by atoms with Crippen LogP contribution in [-0.4, -0.2) is 29.0 Å². The van der Waals surface area contributed by atoms with Crippen molar-refractivity contribution >= 4 is 11.9 Å². The van der Waals surface area contributed by atoms with Crippen LogP contribution in [-0.2, 0) is 4.79 Å². The third-order valence-electron chi connectivity index (χ3n) is 3.50. The molecule has 1 fully saturated rings. The van der Waals surface area contributed by atoms with Crippen molar-refractivity contribution in [1.29, 1.82) is 0 Å². The zero-order valence-electron chi connectivity index (χ0n) is 10.3. The molecule has 1 aromatic heterocycles. The van der Waals surface area contributed by atoms with E-state index in [1.54, 1.807) is 12.4 Å². The fourth-order valence-corrected chi connectivity index (χ4v) is 2.55. The number of hydrogen-bond acceptors (Lipinski definition) is 3. The minimum absolute atomic E-state index is 0.107. The van der Waals surface area contributed by atoms with Gasteiger partial charge in [-0.05, 0) is 32.4 Å². The van der Waals surface area contributed by atoms with Crippen molar-refractivity contribution in [2.24, 2.45) is 5.41 Å². The van der Waals surface area contributed by atoms with E-state index < -0.39 is 0 Å². The Kier molecular flexibility index (Phi) is 3.78. The highest BCUT2D eigenvalue weighted by atomic mass is 16.2. The molecule has 2 rings (SSSR count). The van der Waals surface area contributed by atoms with Crippen molar-refractivity contribution in [2.75, 3.05) is 18.4 Å². The van der Waals surface area contributed by atoms with Gasteiger partial charge >= 0.3 is 0 Å². The van der Waals surface area contributed by atoms with Crippen LogP contribution in [0.5, 0.6) is 0 Å². The number of aromatic nitrogens is 2. The van der Waals surface area contributed by atoms with Crippen LogP contribution in [0.1, 0.15) is 32.6 Å². The summed E-state index contributed by atoms with van der Waals surface area (Å²) in [5, 5.41) is 6.19. The Morgan fingerprint density at radius 1 is 1.53 bits per heavy atom. The Morgan fingerprint density at radius 3 is 2.88 bits per heavy atom. The molecule has 0 aromatic carbocycles. The van der Waals surface area contributed by atoms with Crippen LogP contribution >= 0.6 is 0 Å². The molecule has 0 aliphatic carbocycles. The van der Waals surface area contributed by atoms with E-state index in [-0.39, 0.29) is 11.3 Å². The predicted molar refractivity (Wildman–Crippen MR) is 66.7 cm³/mol. The van der Waals surface area contributed by atoms with Crippen LogP contribution in [0.15, 0.2) is 12.4 Å². The van der Waals surface area contributed by atoms with Crippen molar-refractivity contribution in [3.63, 3.8) is 0 Å². The number of imidazole rings is 1. The van der Waals surface area contributed by atoms with Gasteiger partial charge in [0.15, 0.2) is 0 Å². The van der Waals surface area contributed by atoms with Gasteiger partial charge in [-0.2, -0.15) is 0 Å². The van der Waals surface area contributed by atoms with Gasteiger partial charge in [0, 0.05) is 12.4 Å². The average molecular weight is 236 g/mol. The molecule has 0 unspecified atom stereocenters. The largest absolute Gasteiger partial charge is 0.331 e. The second-order valence-electron chi connectivity index (χ2n) is 4.67. The summed E-state index contributed by atoms with van der Waals surface area (Å²) >= 11 is 0. The quantitative estimate of drug-likeness (QED) is 0.742. The summed E-state index contributed by atoms with van der Waals surface area (Å²) in [6, 6.07) is 0. The molecule has 94 valence electrons. The van der Waals surface area contributed by atoms with Crippen molar-refractivity contribution < 1.29 is 4.79 Å². The van der Waals surface area contributed by atoms with Gasteiger partial charge in [-0.25, -0.2) is 4.98 Å². The summed E-state index contributed by atoms with van der Waals surface area (Å²) < 4.78 is 0. The van der Waals surface area contributed by atoms with Crippen LogP contribution in [0, 0.1) is 5.41 Å². The van der Waals surface area contributed by atoms with Gasteiger partial charge in [0.25, 0.3) is 0 Å². The number of amides is 1. The van der Waals surface area contributed by atoms with E-state index in [1.807, 2.05) is 0 Å². The zero-order chi connectivity index (χ0) is 12.1. The van der Waals surface area contributed by atoms with Gasteiger partial charge in [-0.3, -0.25) is 10.1 Å². The first-order valence-corrected chi connectivity index (χ1v) is 6.28. The van der Waals surface area contributed by atoms with Gasteiger partial charge in [-0.15, -0.1) is 0 Å². The third kappa shape index (κ3) is 2.66. The minimum Gasteiger partial charge on any atom is -0.331 e. The Bertz CT molecular complexity index is 349. The van der Waals surface area contributed by atoms with Crippen LogP contribution in [0.4, 0.5) is 5.95 Å². The lowest BCUT2D eigenvalue weighted by molar-refractivity contribution is -0.127. The van der Waals surface area contributed by atoms with E-state index in [9.17, 15) is 4.79 Å². The number of carbonyl (C=O) groups is 1. The first-order chi connectivity index (χ1) is 8.27. The maximum absolute atomic E-state index is 12.4. The van der Waals surface area contributed by atoms with E-state index in [2.05, 4.69) is 27.5 Å². The molecule has 0 bridgehead atoms. The lowest BCUT2D eigenvalue weighted by Crippen LogP contribution is -2.45. The number of anilines is 1. The van der Waals surface area contributed by atoms with E-state index in [1.165, 1.54) is 0 Å². The number of nitrogens with zero attached hydrogens (tertiary/aromatic N) is 1. The zero-order valence-corrected chi connectivity index (χ0v) is 10.3. The number of aromatic amines is 1. The molecule has 17 heavy (non-hydrogen) atoms. The number of nitrogens with one attached hydrogen (secondary N) is 3. The molecule has 5 nitrogen and oxygen atoms in total. The summed E-state index contributed by atoms with van der Waals surface area (Å²) in [6.07, 6.45) is 7.16. The number of hydrogen-bond donors (Lipinski definition) is 3. The molecule has 0 atom stereocenters. The summed E-state index contributed by atoms with van der Waals surface area (Å²) in [5.74, 6) is 0.653. The maximum atomic E-state index is 12.4. The molecule has 1 aliphatic heterocycles. The van der Waals surface area contributed by atoms with Gasteiger partial charge < -0.3 is 10.3 Å². The third-order valence-corrected chi connectivity index (χ3v) is 3.50. The Balaban J connectivity index is 2.06. The van der Waals surface area contributed by atoms with Crippen molar-refractivity contribution in [1.82, 2.24) is 15.3 Å². The Labute approximate surface area is 101 Å². The van der Waals surface area contributed by atoms with E-state index in [4.69, 9.17) is 0 Å². The number of rotatable bonds is 4. The predicted octanol–water partition coefficient (Wildman–Crippen LogP) is 1.52. The first kappa shape index (κ1) is 12.1. The van der Waals surface area contributed by atoms with E-state index in [0.717, 1.165) is 38.8 Å². The molecular formula is C12H20N4O. The summed E-state index contributed by atoms with van der Waals surface area (Å²) in [6.45, 7) is 3.97. The molecule has 1 aliphatic rings. The molecule has 0 radical (unpaired) electrons. The highest BCUT2D eigenvalue weighted by Crippen LogP contribution is 2.35. The SMILES string of the molecule is CCCC1(C(=O)Nc2ncc[nH]2)CCNCC1. The Hall–Kier alpha value is -1.36. The topological polar surface area (TPSA) is 69.8 Å². The second-order valence-corrected chi connectivity index (χ2v) is 4.67. The second kappa shape index (κ2) is 5.31. The number of carbonyl (C=O) groups excluding carboxylic acids is 1. The number of H-pyrrole nitrogens is 1. The molecule has 1 saturated heterocycles. The molecular weight excluding hydrogens is 216 g/mol. The van der Waals surface area contributed by atoms with Gasteiger partial charge in [0.2, 0.25) is 11.9 Å². The van der Waals surface area contributed by atoms with Crippen LogP contribution in [0.2, 0.25) is 0 Å².